The van der Waals surface area contributed by atoms with Crippen molar-refractivity contribution < 1.29 is 22.6 Å². The van der Waals surface area contributed by atoms with Crippen molar-refractivity contribution in [2.45, 2.75) is 4.34 Å². The molecule has 0 aliphatic rings. The zero-order chi connectivity index (χ0) is 21.9. The Labute approximate surface area is 173 Å². The van der Waals surface area contributed by atoms with E-state index < -0.39 is 20.7 Å². The van der Waals surface area contributed by atoms with Gasteiger partial charge >= 0.3 is 0 Å². The maximum atomic E-state index is 12.3. The van der Waals surface area contributed by atoms with Gasteiger partial charge in [0.2, 0.25) is 19.3 Å². The van der Waals surface area contributed by atoms with Crippen LogP contribution in [0.4, 0.5) is 10.8 Å². The Bertz CT molecular complexity index is 1320. The predicted octanol–water partition coefficient (Wildman–Crippen LogP) is 2.66. The summed E-state index contributed by atoms with van der Waals surface area (Å²) in [6, 6.07) is 10.6. The molecule has 3 rings (SSSR count). The van der Waals surface area contributed by atoms with Gasteiger partial charge < -0.3 is 4.42 Å². The van der Waals surface area contributed by atoms with Crippen LogP contribution in [0.25, 0.3) is 17.4 Å². The van der Waals surface area contributed by atoms with E-state index in [1.165, 1.54) is 30.3 Å². The van der Waals surface area contributed by atoms with Crippen molar-refractivity contribution in [3.8, 4) is 17.4 Å². The molecule has 1 N–H and O–H groups in total. The van der Waals surface area contributed by atoms with Crippen molar-refractivity contribution in [1.29, 1.82) is 5.26 Å². The number of nitro groups is 1. The van der Waals surface area contributed by atoms with E-state index in [1.54, 1.807) is 18.2 Å². The van der Waals surface area contributed by atoms with Gasteiger partial charge in [-0.05, 0) is 12.1 Å². The average Bonchev–Trinajstić information content (AvgIpc) is 3.35. The van der Waals surface area contributed by atoms with Gasteiger partial charge in [0.05, 0.1) is 4.92 Å². The number of nitriles is 1. The second-order valence-electron chi connectivity index (χ2n) is 5.78. The van der Waals surface area contributed by atoms with Crippen LogP contribution in [0.1, 0.15) is 5.76 Å². The van der Waals surface area contributed by atoms with Crippen molar-refractivity contribution >= 4 is 44.0 Å². The first kappa shape index (κ1) is 20.8. The highest BCUT2D eigenvalue weighted by atomic mass is 32.2. The molecule has 0 aliphatic heterocycles. The van der Waals surface area contributed by atoms with Gasteiger partial charge in [-0.1, -0.05) is 23.5 Å². The van der Waals surface area contributed by atoms with Crippen molar-refractivity contribution in [1.82, 2.24) is 10.2 Å². The van der Waals surface area contributed by atoms with Crippen LogP contribution < -0.4 is 5.32 Å². The summed E-state index contributed by atoms with van der Waals surface area (Å²) in [4.78, 5) is 22.6. The van der Waals surface area contributed by atoms with Gasteiger partial charge in [-0.3, -0.25) is 20.2 Å². The molecule has 0 spiro atoms. The number of anilines is 1. The summed E-state index contributed by atoms with van der Waals surface area (Å²) in [7, 11) is -3.57. The highest BCUT2D eigenvalue weighted by molar-refractivity contribution is 7.92. The number of hydrogen-bond acceptors (Lipinski definition) is 10. The molecule has 11 nitrogen and oxygen atoms in total. The maximum Gasteiger partial charge on any atom is 0.270 e. The molecular formula is C17H11N5O6S2. The van der Waals surface area contributed by atoms with Gasteiger partial charge in [0, 0.05) is 30.0 Å². The number of nitrogens with zero attached hydrogens (tertiary/aromatic N) is 4. The Hall–Kier alpha value is -3.89. The smallest absolute Gasteiger partial charge is 0.270 e. The molecule has 0 radical (unpaired) electrons. The summed E-state index contributed by atoms with van der Waals surface area (Å²) in [5.41, 5.74) is 0.0172. The van der Waals surface area contributed by atoms with E-state index in [9.17, 15) is 28.6 Å². The fraction of sp³-hybridized carbons (Fsp3) is 0.0588. The molecule has 2 heterocycles. The summed E-state index contributed by atoms with van der Waals surface area (Å²) >= 11 is 0.650. The SMILES string of the molecule is CS(=O)(=O)c1nnc(NC(=O)/C(C#N)=C\c2ccc(-c3cccc([N+](=O)[O-])c3)o2)s1. The molecule has 0 saturated carbocycles. The Balaban J connectivity index is 1.80. The summed E-state index contributed by atoms with van der Waals surface area (Å²) in [6.45, 7) is 0. The summed E-state index contributed by atoms with van der Waals surface area (Å²) in [5.74, 6) is -0.358. The number of aromatic nitrogens is 2. The Morgan fingerprint density at radius 3 is 2.73 bits per heavy atom. The van der Waals surface area contributed by atoms with Gasteiger partial charge in [0.25, 0.3) is 11.6 Å². The van der Waals surface area contributed by atoms with E-state index in [0.29, 0.717) is 22.7 Å². The van der Waals surface area contributed by atoms with Crippen LogP contribution in [0.15, 0.2) is 50.7 Å². The molecule has 13 heteroatoms. The first-order valence-corrected chi connectivity index (χ1v) is 10.7. The summed E-state index contributed by atoms with van der Waals surface area (Å²) in [5, 5.41) is 29.4. The molecular weight excluding hydrogens is 434 g/mol. The summed E-state index contributed by atoms with van der Waals surface area (Å²) in [6.07, 6.45) is 2.13. The fourth-order valence-corrected chi connectivity index (χ4v) is 3.73. The number of nitrogens with one attached hydrogen (secondary N) is 1. The molecule has 2 aromatic heterocycles. The Kier molecular flexibility index (Phi) is 5.72. The van der Waals surface area contributed by atoms with Gasteiger partial charge in [-0.15, -0.1) is 10.2 Å². The minimum atomic E-state index is -3.57. The molecule has 1 amide bonds. The number of hydrogen-bond donors (Lipinski definition) is 1. The lowest BCUT2D eigenvalue weighted by atomic mass is 10.1. The second kappa shape index (κ2) is 8.23. The van der Waals surface area contributed by atoms with E-state index in [1.807, 2.05) is 0 Å². The standard InChI is InChI=1S/C17H11N5O6S2/c1-30(26,27)17-21-20-16(29-17)19-15(23)11(9-18)8-13-5-6-14(28-13)10-3-2-4-12(7-10)22(24)25/h2-8H,1H3,(H,19,20,23)/b11-8-. The molecule has 0 saturated heterocycles. The molecule has 0 aliphatic carbocycles. The van der Waals surface area contributed by atoms with Crippen molar-refractivity contribution in [3.05, 3.63) is 57.8 Å². The van der Waals surface area contributed by atoms with Crippen molar-refractivity contribution in [2.24, 2.45) is 0 Å². The summed E-state index contributed by atoms with van der Waals surface area (Å²) < 4.78 is 28.1. The number of sulfone groups is 1. The zero-order valence-corrected chi connectivity index (χ0v) is 16.7. The van der Waals surface area contributed by atoms with Gasteiger partial charge in [0.1, 0.15) is 23.2 Å². The van der Waals surface area contributed by atoms with Crippen LogP contribution in [0.2, 0.25) is 0 Å². The van der Waals surface area contributed by atoms with Crippen LogP contribution in [-0.4, -0.2) is 35.7 Å². The van der Waals surface area contributed by atoms with Gasteiger partial charge in [-0.25, -0.2) is 8.42 Å². The number of non-ortho nitro benzene ring substituents is 1. The van der Waals surface area contributed by atoms with Gasteiger partial charge in [-0.2, -0.15) is 5.26 Å². The molecule has 3 aromatic rings. The topological polar surface area (TPSA) is 169 Å². The van der Waals surface area contributed by atoms with E-state index in [-0.39, 0.29) is 26.5 Å². The first-order chi connectivity index (χ1) is 14.2. The Morgan fingerprint density at radius 2 is 2.10 bits per heavy atom. The molecule has 0 atom stereocenters. The van der Waals surface area contributed by atoms with Crippen LogP contribution in [-0.2, 0) is 14.6 Å². The largest absolute Gasteiger partial charge is 0.457 e. The monoisotopic (exact) mass is 445 g/mol. The highest BCUT2D eigenvalue weighted by Gasteiger charge is 2.18. The fourth-order valence-electron chi connectivity index (χ4n) is 2.22. The van der Waals surface area contributed by atoms with Crippen molar-refractivity contribution in [3.63, 3.8) is 0 Å². The number of furan rings is 1. The number of benzene rings is 1. The predicted molar refractivity (Wildman–Crippen MR) is 106 cm³/mol. The van der Waals surface area contributed by atoms with Gasteiger partial charge in [0.15, 0.2) is 0 Å². The zero-order valence-electron chi connectivity index (χ0n) is 15.1. The normalized spacial score (nSPS) is 11.7. The molecule has 0 fully saturated rings. The molecule has 1 aromatic carbocycles. The lowest BCUT2D eigenvalue weighted by molar-refractivity contribution is -0.384. The lowest BCUT2D eigenvalue weighted by Crippen LogP contribution is -2.13. The third kappa shape index (κ3) is 4.74. The number of amides is 1. The minimum Gasteiger partial charge on any atom is -0.457 e. The molecule has 152 valence electrons. The molecule has 0 unspecified atom stereocenters. The number of carbonyl (C=O) groups is 1. The number of nitro benzene ring substituents is 1. The minimum absolute atomic E-state index is 0.0849. The second-order valence-corrected chi connectivity index (χ2v) is 8.95. The van der Waals surface area contributed by atoms with Crippen LogP contribution in [0.3, 0.4) is 0 Å². The lowest BCUT2D eigenvalue weighted by Gasteiger charge is -1.99. The first-order valence-electron chi connectivity index (χ1n) is 7.99. The Morgan fingerprint density at radius 1 is 1.33 bits per heavy atom. The molecule has 0 bridgehead atoms. The van der Waals surface area contributed by atoms with Crippen LogP contribution in [0.5, 0.6) is 0 Å². The van der Waals surface area contributed by atoms with E-state index >= 15 is 0 Å². The highest BCUT2D eigenvalue weighted by Crippen LogP contribution is 2.27. The number of rotatable bonds is 6. The van der Waals surface area contributed by atoms with E-state index in [0.717, 1.165) is 6.26 Å². The molecule has 30 heavy (non-hydrogen) atoms. The maximum absolute atomic E-state index is 12.3. The van der Waals surface area contributed by atoms with Crippen LogP contribution in [0, 0.1) is 21.4 Å². The number of carbonyl (C=O) groups excluding carboxylic acids is 1. The van der Waals surface area contributed by atoms with Crippen molar-refractivity contribution in [2.75, 3.05) is 11.6 Å². The van der Waals surface area contributed by atoms with E-state index in [4.69, 9.17) is 4.42 Å². The van der Waals surface area contributed by atoms with E-state index in [2.05, 4.69) is 15.5 Å². The third-order valence-corrected chi connectivity index (χ3v) is 6.07. The quantitative estimate of drug-likeness (QED) is 0.197. The van der Waals surface area contributed by atoms with Crippen LogP contribution >= 0.6 is 11.3 Å². The third-order valence-electron chi connectivity index (χ3n) is 3.56. The average molecular weight is 445 g/mol.